The van der Waals surface area contributed by atoms with Crippen LogP contribution in [0.15, 0.2) is 18.3 Å². The van der Waals surface area contributed by atoms with Gasteiger partial charge in [0.1, 0.15) is 11.7 Å². The molecule has 2 fully saturated rings. The van der Waals surface area contributed by atoms with Gasteiger partial charge in [-0.05, 0) is 38.4 Å². The van der Waals surface area contributed by atoms with E-state index >= 15 is 0 Å². The first-order chi connectivity index (χ1) is 9.65. The second-order valence-electron chi connectivity index (χ2n) is 5.96. The van der Waals surface area contributed by atoms with Crippen LogP contribution in [0, 0.1) is 5.41 Å². The van der Waals surface area contributed by atoms with Crippen LogP contribution < -0.4 is 10.6 Å². The highest BCUT2D eigenvalue weighted by molar-refractivity contribution is 5.95. The van der Waals surface area contributed by atoms with Crippen molar-refractivity contribution < 1.29 is 0 Å². The van der Waals surface area contributed by atoms with Gasteiger partial charge in [-0.15, -0.1) is 0 Å². The molecule has 0 spiro atoms. The van der Waals surface area contributed by atoms with Crippen LogP contribution in [0.25, 0.3) is 0 Å². The maximum absolute atomic E-state index is 7.57. The summed E-state index contributed by atoms with van der Waals surface area (Å²) in [5.74, 6) is 1.06. The lowest BCUT2D eigenvalue weighted by molar-refractivity contribution is 0.115. The molecule has 0 aliphatic carbocycles. The first kappa shape index (κ1) is 13.4. The van der Waals surface area contributed by atoms with Crippen LogP contribution in [0.1, 0.15) is 31.7 Å². The van der Waals surface area contributed by atoms with E-state index in [1.165, 1.54) is 25.8 Å². The molecule has 2 aliphatic heterocycles. The number of nitrogen functional groups attached to an aromatic ring is 1. The zero-order valence-electron chi connectivity index (χ0n) is 12.0. The van der Waals surface area contributed by atoms with Crippen molar-refractivity contribution in [3.05, 3.63) is 23.9 Å². The Hall–Kier alpha value is -1.62. The molecule has 1 aromatic rings. The molecule has 0 radical (unpaired) electrons. The highest BCUT2D eigenvalue weighted by Gasteiger charge is 2.33. The van der Waals surface area contributed by atoms with E-state index in [1.807, 2.05) is 6.07 Å². The van der Waals surface area contributed by atoms with Crippen molar-refractivity contribution in [2.45, 2.75) is 38.3 Å². The van der Waals surface area contributed by atoms with Gasteiger partial charge in [0.25, 0.3) is 0 Å². The van der Waals surface area contributed by atoms with E-state index in [4.69, 9.17) is 11.1 Å². The fourth-order valence-corrected chi connectivity index (χ4v) is 3.41. The Morgan fingerprint density at radius 2 is 2.25 bits per heavy atom. The summed E-state index contributed by atoms with van der Waals surface area (Å²) in [5, 5.41) is 7.57. The maximum Gasteiger partial charge on any atom is 0.129 e. The minimum Gasteiger partial charge on any atom is -0.384 e. The van der Waals surface area contributed by atoms with Gasteiger partial charge < -0.3 is 10.6 Å². The van der Waals surface area contributed by atoms with E-state index in [1.54, 1.807) is 12.3 Å². The molecule has 3 rings (SSSR count). The summed E-state index contributed by atoms with van der Waals surface area (Å²) in [6.07, 6.45) is 5.72. The fraction of sp³-hybridized carbons (Fsp3) is 0.600. The minimum atomic E-state index is 0.109. The Balaban J connectivity index is 1.82. The molecule has 2 atom stereocenters. The molecular weight excluding hydrogens is 250 g/mol. The lowest BCUT2D eigenvalue weighted by Crippen LogP contribution is -2.59. The summed E-state index contributed by atoms with van der Waals surface area (Å²) in [7, 11) is 0. The van der Waals surface area contributed by atoms with Gasteiger partial charge in [-0.3, -0.25) is 10.3 Å². The SMILES string of the molecule is CC1CN2CCCCC2CN1c1cc(C(=N)N)ccn1. The van der Waals surface area contributed by atoms with Crippen molar-refractivity contribution in [2.75, 3.05) is 24.5 Å². The average molecular weight is 273 g/mol. The molecule has 0 aromatic carbocycles. The summed E-state index contributed by atoms with van der Waals surface area (Å²) < 4.78 is 0. The minimum absolute atomic E-state index is 0.109. The Labute approximate surface area is 120 Å². The topological polar surface area (TPSA) is 69.2 Å². The Morgan fingerprint density at radius 1 is 1.40 bits per heavy atom. The van der Waals surface area contributed by atoms with Crippen molar-refractivity contribution >= 4 is 11.7 Å². The zero-order valence-corrected chi connectivity index (χ0v) is 12.0. The fourth-order valence-electron chi connectivity index (χ4n) is 3.41. The smallest absolute Gasteiger partial charge is 0.129 e. The van der Waals surface area contributed by atoms with Crippen LogP contribution in [0.3, 0.4) is 0 Å². The second kappa shape index (κ2) is 5.40. The summed E-state index contributed by atoms with van der Waals surface area (Å²) in [5.41, 5.74) is 6.34. The Bertz CT molecular complexity index is 501. The molecule has 0 bridgehead atoms. The van der Waals surface area contributed by atoms with Crippen molar-refractivity contribution in [3.8, 4) is 0 Å². The Morgan fingerprint density at radius 3 is 3.05 bits per heavy atom. The molecule has 3 heterocycles. The average Bonchev–Trinajstić information content (AvgIpc) is 2.46. The van der Waals surface area contributed by atoms with Crippen LogP contribution in [0.4, 0.5) is 5.82 Å². The lowest BCUT2D eigenvalue weighted by Gasteiger charge is -2.48. The molecule has 3 N–H and O–H groups in total. The van der Waals surface area contributed by atoms with Crippen LogP contribution in [-0.2, 0) is 0 Å². The number of nitrogens with zero attached hydrogens (tertiary/aromatic N) is 3. The standard InChI is InChI=1S/C15H23N5/c1-11-9-19-7-3-2-4-13(19)10-20(11)14-8-12(15(16)17)5-6-18-14/h5-6,8,11,13H,2-4,7,9-10H2,1H3,(H3,16,17). The van der Waals surface area contributed by atoms with Gasteiger partial charge in [0.15, 0.2) is 0 Å². The van der Waals surface area contributed by atoms with E-state index in [2.05, 4.69) is 21.7 Å². The third-order valence-electron chi connectivity index (χ3n) is 4.54. The van der Waals surface area contributed by atoms with E-state index in [0.717, 1.165) is 24.5 Å². The molecule has 5 nitrogen and oxygen atoms in total. The molecule has 2 saturated heterocycles. The molecule has 1 aromatic heterocycles. The lowest BCUT2D eigenvalue weighted by atomic mass is 9.97. The second-order valence-corrected chi connectivity index (χ2v) is 5.96. The highest BCUT2D eigenvalue weighted by atomic mass is 15.3. The largest absolute Gasteiger partial charge is 0.384 e. The van der Waals surface area contributed by atoms with Gasteiger partial charge in [0, 0.05) is 36.9 Å². The third-order valence-corrected chi connectivity index (χ3v) is 4.54. The van der Waals surface area contributed by atoms with Crippen LogP contribution in [0.2, 0.25) is 0 Å². The third kappa shape index (κ3) is 2.50. The van der Waals surface area contributed by atoms with Gasteiger partial charge in [0.05, 0.1) is 0 Å². The van der Waals surface area contributed by atoms with Crippen LogP contribution >= 0.6 is 0 Å². The molecule has 0 amide bonds. The number of pyridine rings is 1. The maximum atomic E-state index is 7.57. The molecule has 0 saturated carbocycles. The predicted molar refractivity (Wildman–Crippen MR) is 81.3 cm³/mol. The normalized spacial score (nSPS) is 27.1. The van der Waals surface area contributed by atoms with E-state index < -0.39 is 0 Å². The van der Waals surface area contributed by atoms with Crippen molar-refractivity contribution in [3.63, 3.8) is 0 Å². The number of nitrogens with two attached hydrogens (primary N) is 1. The molecule has 2 aliphatic rings. The summed E-state index contributed by atoms with van der Waals surface area (Å²) in [4.78, 5) is 9.49. The van der Waals surface area contributed by atoms with Gasteiger partial charge in [-0.1, -0.05) is 6.42 Å². The van der Waals surface area contributed by atoms with Crippen molar-refractivity contribution in [1.82, 2.24) is 9.88 Å². The molecule has 2 unspecified atom stereocenters. The monoisotopic (exact) mass is 273 g/mol. The molecule has 20 heavy (non-hydrogen) atoms. The number of fused-ring (bicyclic) bond motifs is 1. The van der Waals surface area contributed by atoms with Gasteiger partial charge in [-0.2, -0.15) is 0 Å². The van der Waals surface area contributed by atoms with Gasteiger partial charge in [-0.25, -0.2) is 4.98 Å². The number of amidine groups is 1. The van der Waals surface area contributed by atoms with E-state index in [-0.39, 0.29) is 5.84 Å². The number of piperidine rings is 1. The molecule has 108 valence electrons. The number of piperazine rings is 1. The first-order valence-corrected chi connectivity index (χ1v) is 7.46. The van der Waals surface area contributed by atoms with Crippen LogP contribution in [-0.4, -0.2) is 47.4 Å². The van der Waals surface area contributed by atoms with Crippen LogP contribution in [0.5, 0.6) is 0 Å². The van der Waals surface area contributed by atoms with Gasteiger partial charge in [0.2, 0.25) is 0 Å². The van der Waals surface area contributed by atoms with Crippen molar-refractivity contribution in [1.29, 1.82) is 5.41 Å². The number of hydrogen-bond acceptors (Lipinski definition) is 4. The summed E-state index contributed by atoms with van der Waals surface area (Å²) in [6.45, 7) is 5.64. The number of hydrogen-bond donors (Lipinski definition) is 2. The van der Waals surface area contributed by atoms with Gasteiger partial charge >= 0.3 is 0 Å². The number of nitrogens with one attached hydrogen (secondary N) is 1. The highest BCUT2D eigenvalue weighted by Crippen LogP contribution is 2.27. The molecule has 5 heteroatoms. The number of aromatic nitrogens is 1. The predicted octanol–water partition coefficient (Wildman–Crippen LogP) is 1.43. The van der Waals surface area contributed by atoms with E-state index in [0.29, 0.717) is 12.1 Å². The quantitative estimate of drug-likeness (QED) is 0.632. The van der Waals surface area contributed by atoms with Crippen molar-refractivity contribution in [2.24, 2.45) is 5.73 Å². The summed E-state index contributed by atoms with van der Waals surface area (Å²) in [6, 6.07) is 4.85. The zero-order chi connectivity index (χ0) is 14.1. The van der Waals surface area contributed by atoms with E-state index in [9.17, 15) is 0 Å². The first-order valence-electron chi connectivity index (χ1n) is 7.46. The summed E-state index contributed by atoms with van der Waals surface area (Å²) >= 11 is 0. The number of anilines is 1. The number of rotatable bonds is 2. The molecular formula is C15H23N5. The Kier molecular flexibility index (Phi) is 3.61.